The van der Waals surface area contributed by atoms with Crippen LogP contribution in [-0.2, 0) is 0 Å². The Morgan fingerprint density at radius 2 is 1.88 bits per heavy atom. The lowest BCUT2D eigenvalue weighted by Crippen LogP contribution is -2.34. The van der Waals surface area contributed by atoms with Gasteiger partial charge in [-0.1, -0.05) is 12.8 Å². The Labute approximate surface area is 105 Å². The summed E-state index contributed by atoms with van der Waals surface area (Å²) in [4.78, 5) is 0. The highest BCUT2D eigenvalue weighted by Gasteiger charge is 2.23. The molecule has 0 radical (unpaired) electrons. The van der Waals surface area contributed by atoms with Crippen LogP contribution in [0.5, 0.6) is 0 Å². The molecular formula is C15H25NO. The van der Waals surface area contributed by atoms with Crippen LogP contribution >= 0.6 is 0 Å². The molecular weight excluding hydrogens is 210 g/mol. The Morgan fingerprint density at radius 3 is 2.41 bits per heavy atom. The number of hydrogen-bond donors (Lipinski definition) is 1. The zero-order valence-electron chi connectivity index (χ0n) is 11.5. The highest BCUT2D eigenvalue weighted by molar-refractivity contribution is 5.23. The van der Waals surface area contributed by atoms with Gasteiger partial charge < -0.3 is 9.73 Å². The minimum absolute atomic E-state index is 0.392. The third-order valence-electron chi connectivity index (χ3n) is 4.17. The molecule has 1 heterocycles. The summed E-state index contributed by atoms with van der Waals surface area (Å²) in [6, 6.07) is 3.17. The summed E-state index contributed by atoms with van der Waals surface area (Å²) < 4.78 is 5.60. The van der Waals surface area contributed by atoms with Gasteiger partial charge in [0.25, 0.3) is 0 Å². The molecule has 1 aromatic rings. The molecule has 1 aliphatic carbocycles. The van der Waals surface area contributed by atoms with Gasteiger partial charge in [0, 0.05) is 17.6 Å². The minimum atomic E-state index is 0.392. The highest BCUT2D eigenvalue weighted by Crippen LogP contribution is 2.29. The van der Waals surface area contributed by atoms with E-state index < -0.39 is 0 Å². The first kappa shape index (κ1) is 12.7. The fraction of sp³-hybridized carbons (Fsp3) is 0.733. The molecule has 1 saturated carbocycles. The van der Waals surface area contributed by atoms with E-state index in [4.69, 9.17) is 4.42 Å². The summed E-state index contributed by atoms with van der Waals surface area (Å²) in [6.45, 7) is 8.64. The van der Waals surface area contributed by atoms with Gasteiger partial charge in [-0.05, 0) is 52.5 Å². The molecule has 0 bridgehead atoms. The Kier molecular flexibility index (Phi) is 3.93. The van der Waals surface area contributed by atoms with Crippen molar-refractivity contribution in [3.05, 3.63) is 23.2 Å². The first-order valence-corrected chi connectivity index (χ1v) is 6.91. The molecule has 1 aliphatic rings. The summed E-state index contributed by atoms with van der Waals surface area (Å²) in [6.07, 6.45) is 5.61. The van der Waals surface area contributed by atoms with E-state index in [1.54, 1.807) is 0 Å². The molecule has 2 atom stereocenters. The van der Waals surface area contributed by atoms with Crippen LogP contribution in [0.1, 0.15) is 62.7 Å². The SMILES string of the molecule is Cc1cc(C(C)NC(C)C2CCCC2)c(C)o1. The van der Waals surface area contributed by atoms with Gasteiger partial charge in [-0.25, -0.2) is 0 Å². The monoisotopic (exact) mass is 235 g/mol. The second kappa shape index (κ2) is 5.26. The van der Waals surface area contributed by atoms with Crippen LogP contribution in [0, 0.1) is 19.8 Å². The Morgan fingerprint density at radius 1 is 1.24 bits per heavy atom. The van der Waals surface area contributed by atoms with Crippen molar-refractivity contribution < 1.29 is 4.42 Å². The van der Waals surface area contributed by atoms with E-state index in [1.807, 2.05) is 6.92 Å². The van der Waals surface area contributed by atoms with Crippen molar-refractivity contribution in [1.29, 1.82) is 0 Å². The second-order valence-corrected chi connectivity index (χ2v) is 5.59. The van der Waals surface area contributed by atoms with Crippen LogP contribution in [0.15, 0.2) is 10.5 Å². The molecule has 1 N–H and O–H groups in total. The van der Waals surface area contributed by atoms with Crippen molar-refractivity contribution in [2.24, 2.45) is 5.92 Å². The average molecular weight is 235 g/mol. The smallest absolute Gasteiger partial charge is 0.105 e. The van der Waals surface area contributed by atoms with Gasteiger partial charge >= 0.3 is 0 Å². The summed E-state index contributed by atoms with van der Waals surface area (Å²) in [5.41, 5.74) is 1.31. The van der Waals surface area contributed by atoms with Crippen molar-refractivity contribution >= 4 is 0 Å². The standard InChI is InChI=1S/C15H25NO/c1-10-9-15(13(4)17-10)12(3)16-11(2)14-7-5-6-8-14/h9,11-12,14,16H,5-8H2,1-4H3. The molecule has 0 spiro atoms. The van der Waals surface area contributed by atoms with Crippen molar-refractivity contribution in [3.63, 3.8) is 0 Å². The fourth-order valence-corrected chi connectivity index (χ4v) is 3.16. The first-order valence-electron chi connectivity index (χ1n) is 6.91. The van der Waals surface area contributed by atoms with Gasteiger partial charge in [0.05, 0.1) is 0 Å². The molecule has 2 unspecified atom stereocenters. The number of hydrogen-bond acceptors (Lipinski definition) is 2. The Balaban J connectivity index is 1.96. The molecule has 17 heavy (non-hydrogen) atoms. The van der Waals surface area contributed by atoms with Gasteiger partial charge in [-0.3, -0.25) is 0 Å². The summed E-state index contributed by atoms with van der Waals surface area (Å²) >= 11 is 0. The average Bonchev–Trinajstić information content (AvgIpc) is 2.87. The van der Waals surface area contributed by atoms with Crippen LogP contribution in [0.4, 0.5) is 0 Å². The molecule has 0 aliphatic heterocycles. The highest BCUT2D eigenvalue weighted by atomic mass is 16.3. The maximum Gasteiger partial charge on any atom is 0.105 e. The molecule has 0 amide bonds. The third-order valence-corrected chi connectivity index (χ3v) is 4.17. The molecule has 0 saturated heterocycles. The molecule has 2 rings (SSSR count). The summed E-state index contributed by atoms with van der Waals surface area (Å²) in [5, 5.41) is 3.73. The zero-order chi connectivity index (χ0) is 12.4. The number of furan rings is 1. The van der Waals surface area contributed by atoms with Gasteiger partial charge in [-0.15, -0.1) is 0 Å². The molecule has 0 aromatic carbocycles. The van der Waals surface area contributed by atoms with E-state index in [0.29, 0.717) is 12.1 Å². The van der Waals surface area contributed by atoms with E-state index in [0.717, 1.165) is 17.4 Å². The maximum absolute atomic E-state index is 5.60. The predicted octanol–water partition coefficient (Wildman–Crippen LogP) is 4.13. The van der Waals surface area contributed by atoms with Gasteiger partial charge in [0.15, 0.2) is 0 Å². The Bertz CT molecular complexity index is 363. The van der Waals surface area contributed by atoms with Crippen LogP contribution in [0.2, 0.25) is 0 Å². The summed E-state index contributed by atoms with van der Waals surface area (Å²) in [5.74, 6) is 2.94. The number of aryl methyl sites for hydroxylation is 2. The van der Waals surface area contributed by atoms with Gasteiger partial charge in [-0.2, -0.15) is 0 Å². The molecule has 2 nitrogen and oxygen atoms in total. The molecule has 96 valence electrons. The minimum Gasteiger partial charge on any atom is -0.466 e. The third kappa shape index (κ3) is 2.92. The first-order chi connectivity index (χ1) is 8.08. The Hall–Kier alpha value is -0.760. The topological polar surface area (TPSA) is 25.2 Å². The lowest BCUT2D eigenvalue weighted by Gasteiger charge is -2.24. The normalized spacial score (nSPS) is 20.7. The van der Waals surface area contributed by atoms with Crippen molar-refractivity contribution in [2.75, 3.05) is 0 Å². The van der Waals surface area contributed by atoms with E-state index in [1.165, 1.54) is 31.2 Å². The largest absolute Gasteiger partial charge is 0.466 e. The fourth-order valence-electron chi connectivity index (χ4n) is 3.16. The lowest BCUT2D eigenvalue weighted by molar-refractivity contribution is 0.350. The van der Waals surface area contributed by atoms with Crippen molar-refractivity contribution in [3.8, 4) is 0 Å². The van der Waals surface area contributed by atoms with Crippen LogP contribution in [-0.4, -0.2) is 6.04 Å². The molecule has 1 fully saturated rings. The second-order valence-electron chi connectivity index (χ2n) is 5.59. The van der Waals surface area contributed by atoms with Gasteiger partial charge in [0.2, 0.25) is 0 Å². The van der Waals surface area contributed by atoms with Crippen LogP contribution in [0.25, 0.3) is 0 Å². The van der Waals surface area contributed by atoms with Crippen molar-refractivity contribution in [1.82, 2.24) is 5.32 Å². The van der Waals surface area contributed by atoms with Crippen molar-refractivity contribution in [2.45, 2.75) is 65.5 Å². The number of rotatable bonds is 4. The van der Waals surface area contributed by atoms with Crippen LogP contribution in [0.3, 0.4) is 0 Å². The molecule has 1 aromatic heterocycles. The van der Waals surface area contributed by atoms with E-state index in [9.17, 15) is 0 Å². The van der Waals surface area contributed by atoms with Crippen LogP contribution < -0.4 is 5.32 Å². The number of nitrogens with one attached hydrogen (secondary N) is 1. The van der Waals surface area contributed by atoms with E-state index in [-0.39, 0.29) is 0 Å². The zero-order valence-corrected chi connectivity index (χ0v) is 11.5. The molecule has 2 heteroatoms. The quantitative estimate of drug-likeness (QED) is 0.849. The maximum atomic E-state index is 5.60. The van der Waals surface area contributed by atoms with E-state index in [2.05, 4.69) is 32.2 Å². The predicted molar refractivity (Wildman–Crippen MR) is 71.2 cm³/mol. The summed E-state index contributed by atoms with van der Waals surface area (Å²) in [7, 11) is 0. The lowest BCUT2D eigenvalue weighted by atomic mass is 9.98. The van der Waals surface area contributed by atoms with Gasteiger partial charge in [0.1, 0.15) is 11.5 Å². The van der Waals surface area contributed by atoms with E-state index >= 15 is 0 Å².